The van der Waals surface area contributed by atoms with Crippen LogP contribution >= 0.6 is 15.9 Å². The molecule has 2 aliphatic rings. The molecule has 0 aliphatic heterocycles. The number of aromatic nitrogens is 1. The average Bonchev–Trinajstić information content (AvgIpc) is 3.18. The number of anilines is 1. The molecule has 6 heteroatoms. The molecule has 2 N–H and O–H groups in total. The largest absolute Gasteiger partial charge is 0.480 e. The standard InChI is InChI=1S/C15H20BrN3O2/c16-13-2-1-5-17-15(13)18-11-6-12(7-11)19(9-14(20)21)8-10-3-4-10/h1-2,5,10-12H,3-4,6-9H2,(H,17,18)(H,20,21). The summed E-state index contributed by atoms with van der Waals surface area (Å²) in [6.45, 7) is 1.11. The summed E-state index contributed by atoms with van der Waals surface area (Å²) >= 11 is 3.48. The Morgan fingerprint density at radius 2 is 2.24 bits per heavy atom. The van der Waals surface area contributed by atoms with E-state index in [-0.39, 0.29) is 6.54 Å². The van der Waals surface area contributed by atoms with Crippen LogP contribution in [0.2, 0.25) is 0 Å². The first-order valence-corrected chi connectivity index (χ1v) is 8.24. The molecule has 1 heterocycles. The molecule has 0 bridgehead atoms. The third-order valence-corrected chi connectivity index (χ3v) is 4.90. The lowest BCUT2D eigenvalue weighted by molar-refractivity contribution is -0.139. The molecule has 1 aromatic heterocycles. The van der Waals surface area contributed by atoms with Gasteiger partial charge < -0.3 is 10.4 Å². The fourth-order valence-corrected chi connectivity index (χ4v) is 3.21. The van der Waals surface area contributed by atoms with E-state index < -0.39 is 5.97 Å². The molecule has 114 valence electrons. The smallest absolute Gasteiger partial charge is 0.317 e. The predicted octanol–water partition coefficient (Wildman–Crippen LogP) is 2.58. The van der Waals surface area contributed by atoms with Crippen molar-refractivity contribution in [2.45, 2.75) is 37.8 Å². The molecule has 2 aliphatic carbocycles. The predicted molar refractivity (Wildman–Crippen MR) is 84.3 cm³/mol. The monoisotopic (exact) mass is 353 g/mol. The van der Waals surface area contributed by atoms with Crippen LogP contribution in [0.4, 0.5) is 5.82 Å². The number of pyridine rings is 1. The Hall–Kier alpha value is -1.14. The zero-order chi connectivity index (χ0) is 14.8. The maximum atomic E-state index is 11.0. The zero-order valence-electron chi connectivity index (χ0n) is 11.8. The van der Waals surface area contributed by atoms with Crippen LogP contribution in [-0.4, -0.2) is 46.1 Å². The first kappa shape index (κ1) is 14.8. The van der Waals surface area contributed by atoms with Crippen LogP contribution in [0.25, 0.3) is 0 Å². The van der Waals surface area contributed by atoms with Gasteiger partial charge in [0.2, 0.25) is 0 Å². The van der Waals surface area contributed by atoms with Crippen LogP contribution < -0.4 is 5.32 Å². The summed E-state index contributed by atoms with van der Waals surface area (Å²) in [6, 6.07) is 4.64. The van der Waals surface area contributed by atoms with Gasteiger partial charge in [0, 0.05) is 24.8 Å². The Morgan fingerprint density at radius 1 is 1.48 bits per heavy atom. The number of hydrogen-bond acceptors (Lipinski definition) is 4. The van der Waals surface area contributed by atoms with Crippen molar-refractivity contribution in [3.8, 4) is 0 Å². The molecule has 0 spiro atoms. The van der Waals surface area contributed by atoms with Gasteiger partial charge in [-0.15, -0.1) is 0 Å². The van der Waals surface area contributed by atoms with E-state index in [0.717, 1.165) is 35.6 Å². The summed E-state index contributed by atoms with van der Waals surface area (Å²) in [5, 5.41) is 12.5. The Labute approximate surface area is 132 Å². The highest BCUT2D eigenvalue weighted by Gasteiger charge is 2.37. The van der Waals surface area contributed by atoms with E-state index in [1.165, 1.54) is 12.8 Å². The molecule has 2 saturated carbocycles. The van der Waals surface area contributed by atoms with Gasteiger partial charge in [-0.3, -0.25) is 9.69 Å². The van der Waals surface area contributed by atoms with Crippen molar-refractivity contribution >= 4 is 27.7 Å². The molecular formula is C15H20BrN3O2. The van der Waals surface area contributed by atoms with Crippen molar-refractivity contribution in [1.82, 2.24) is 9.88 Å². The molecule has 5 nitrogen and oxygen atoms in total. The van der Waals surface area contributed by atoms with Crippen molar-refractivity contribution in [2.24, 2.45) is 5.92 Å². The van der Waals surface area contributed by atoms with Gasteiger partial charge in [0.1, 0.15) is 5.82 Å². The third-order valence-electron chi connectivity index (χ3n) is 4.26. The van der Waals surface area contributed by atoms with E-state index in [1.807, 2.05) is 12.1 Å². The van der Waals surface area contributed by atoms with Gasteiger partial charge in [0.05, 0.1) is 11.0 Å². The lowest BCUT2D eigenvalue weighted by Gasteiger charge is -2.43. The summed E-state index contributed by atoms with van der Waals surface area (Å²) in [6.07, 6.45) is 6.26. The molecule has 2 fully saturated rings. The minimum atomic E-state index is -0.723. The highest BCUT2D eigenvalue weighted by molar-refractivity contribution is 9.10. The fraction of sp³-hybridized carbons (Fsp3) is 0.600. The number of carbonyl (C=O) groups is 1. The van der Waals surface area contributed by atoms with Crippen LogP contribution in [0.5, 0.6) is 0 Å². The average molecular weight is 354 g/mol. The number of nitrogens with zero attached hydrogens (tertiary/aromatic N) is 2. The fourth-order valence-electron chi connectivity index (χ4n) is 2.84. The second kappa shape index (κ2) is 6.32. The zero-order valence-corrected chi connectivity index (χ0v) is 13.4. The van der Waals surface area contributed by atoms with Gasteiger partial charge in [-0.2, -0.15) is 0 Å². The van der Waals surface area contributed by atoms with E-state index in [9.17, 15) is 4.79 Å². The van der Waals surface area contributed by atoms with Gasteiger partial charge in [-0.05, 0) is 59.7 Å². The van der Waals surface area contributed by atoms with Gasteiger partial charge in [-0.1, -0.05) is 0 Å². The van der Waals surface area contributed by atoms with E-state index in [4.69, 9.17) is 5.11 Å². The van der Waals surface area contributed by atoms with E-state index in [1.54, 1.807) is 6.20 Å². The second-order valence-electron chi connectivity index (χ2n) is 6.07. The lowest BCUT2D eigenvalue weighted by atomic mass is 9.85. The van der Waals surface area contributed by atoms with Crippen LogP contribution in [0.1, 0.15) is 25.7 Å². The quantitative estimate of drug-likeness (QED) is 0.788. The van der Waals surface area contributed by atoms with Crippen molar-refractivity contribution in [1.29, 1.82) is 0 Å². The molecular weight excluding hydrogens is 334 g/mol. The number of nitrogens with one attached hydrogen (secondary N) is 1. The SMILES string of the molecule is O=C(O)CN(CC1CC1)C1CC(Nc2ncccc2Br)C1. The van der Waals surface area contributed by atoms with E-state index in [0.29, 0.717) is 12.1 Å². The molecule has 0 saturated heterocycles. The van der Waals surface area contributed by atoms with Crippen molar-refractivity contribution < 1.29 is 9.90 Å². The Bertz CT molecular complexity index is 515. The van der Waals surface area contributed by atoms with Crippen LogP contribution in [0.3, 0.4) is 0 Å². The summed E-state index contributed by atoms with van der Waals surface area (Å²) in [5.74, 6) is 0.869. The van der Waals surface area contributed by atoms with Crippen molar-refractivity contribution in [3.63, 3.8) is 0 Å². The van der Waals surface area contributed by atoms with Gasteiger partial charge >= 0.3 is 5.97 Å². The molecule has 21 heavy (non-hydrogen) atoms. The Balaban J connectivity index is 1.51. The molecule has 3 rings (SSSR count). The first-order chi connectivity index (χ1) is 10.1. The van der Waals surface area contributed by atoms with Crippen molar-refractivity contribution in [2.75, 3.05) is 18.4 Å². The molecule has 1 aromatic rings. The van der Waals surface area contributed by atoms with Gasteiger partial charge in [-0.25, -0.2) is 4.98 Å². The van der Waals surface area contributed by atoms with Crippen LogP contribution in [0, 0.1) is 5.92 Å². The van der Waals surface area contributed by atoms with Crippen LogP contribution in [0.15, 0.2) is 22.8 Å². The molecule has 0 aromatic carbocycles. The maximum absolute atomic E-state index is 11.0. The number of rotatable bonds is 7. The summed E-state index contributed by atoms with van der Waals surface area (Å²) in [4.78, 5) is 17.5. The number of carboxylic acids is 1. The maximum Gasteiger partial charge on any atom is 0.317 e. The number of carboxylic acid groups (broad SMARTS) is 1. The third kappa shape index (κ3) is 3.95. The summed E-state index contributed by atoms with van der Waals surface area (Å²) in [5.41, 5.74) is 0. The number of halogens is 1. The molecule has 0 amide bonds. The lowest BCUT2D eigenvalue weighted by Crippen LogP contribution is -2.52. The first-order valence-electron chi connectivity index (χ1n) is 7.44. The Kier molecular flexibility index (Phi) is 4.45. The molecule has 0 radical (unpaired) electrons. The summed E-state index contributed by atoms with van der Waals surface area (Å²) in [7, 11) is 0. The van der Waals surface area contributed by atoms with Gasteiger partial charge in [0.15, 0.2) is 0 Å². The molecule has 0 unspecified atom stereocenters. The number of hydrogen-bond donors (Lipinski definition) is 2. The summed E-state index contributed by atoms with van der Waals surface area (Å²) < 4.78 is 0.967. The minimum absolute atomic E-state index is 0.168. The van der Waals surface area contributed by atoms with E-state index in [2.05, 4.69) is 31.1 Å². The minimum Gasteiger partial charge on any atom is -0.480 e. The Morgan fingerprint density at radius 3 is 2.86 bits per heavy atom. The van der Waals surface area contributed by atoms with E-state index >= 15 is 0 Å². The highest BCUT2D eigenvalue weighted by atomic mass is 79.9. The molecule has 0 atom stereocenters. The topological polar surface area (TPSA) is 65.5 Å². The highest BCUT2D eigenvalue weighted by Crippen LogP contribution is 2.35. The number of aliphatic carboxylic acids is 1. The normalized spacial score (nSPS) is 24.7. The van der Waals surface area contributed by atoms with Crippen LogP contribution in [-0.2, 0) is 4.79 Å². The van der Waals surface area contributed by atoms with Gasteiger partial charge in [0.25, 0.3) is 0 Å². The second-order valence-corrected chi connectivity index (χ2v) is 6.92. The van der Waals surface area contributed by atoms with Crippen molar-refractivity contribution in [3.05, 3.63) is 22.8 Å².